The van der Waals surface area contributed by atoms with Crippen LogP contribution in [-0.4, -0.2) is 24.2 Å². The minimum absolute atomic E-state index is 0.00602. The number of benzene rings is 1. The van der Waals surface area contributed by atoms with Crippen LogP contribution < -0.4 is 5.32 Å². The number of hydrogen-bond donors (Lipinski definition) is 2. The second-order valence-corrected chi connectivity index (χ2v) is 4.17. The number of aliphatic hydroxyl groups is 1. The van der Waals surface area contributed by atoms with E-state index in [4.69, 9.17) is 5.11 Å². The lowest BCUT2D eigenvalue weighted by Gasteiger charge is -2.14. The predicted molar refractivity (Wildman–Crippen MR) is 64.1 cm³/mol. The molecule has 1 aromatic rings. The maximum Gasteiger partial charge on any atom is 0.227 e. The molecule has 0 saturated carbocycles. The summed E-state index contributed by atoms with van der Waals surface area (Å²) in [6.45, 7) is 4.40. The van der Waals surface area contributed by atoms with Gasteiger partial charge >= 0.3 is 0 Å². The number of hydrogen-bond acceptors (Lipinski definition) is 2. The molecule has 1 rings (SSSR count). The fraction of sp³-hybridized carbons (Fsp3) is 0.462. The Balaban J connectivity index is 2.49. The largest absolute Gasteiger partial charge is 0.396 e. The van der Waals surface area contributed by atoms with Gasteiger partial charge in [0.15, 0.2) is 0 Å². The summed E-state index contributed by atoms with van der Waals surface area (Å²) in [5.74, 6) is -0.0366. The summed E-state index contributed by atoms with van der Waals surface area (Å²) in [6.07, 6.45) is 0. The van der Waals surface area contributed by atoms with Crippen LogP contribution in [0.5, 0.6) is 0 Å². The molecule has 0 radical (unpaired) electrons. The average Bonchev–Trinajstić information content (AvgIpc) is 2.35. The lowest BCUT2D eigenvalue weighted by Crippen LogP contribution is -2.32. The van der Waals surface area contributed by atoms with E-state index in [2.05, 4.69) is 5.32 Å². The number of nitrogens with one attached hydrogen (secondary N) is 1. The van der Waals surface area contributed by atoms with Crippen LogP contribution in [0.1, 0.15) is 25.3 Å². The fourth-order valence-corrected chi connectivity index (χ4v) is 1.39. The third kappa shape index (κ3) is 3.66. The normalized spacial score (nSPS) is 14.2. The molecule has 2 unspecified atom stereocenters. The molecule has 0 bridgehead atoms. The van der Waals surface area contributed by atoms with Gasteiger partial charge in [-0.3, -0.25) is 4.79 Å². The van der Waals surface area contributed by atoms with Crippen LogP contribution in [0.15, 0.2) is 30.3 Å². The Kier molecular flexibility index (Phi) is 4.99. The molecule has 1 aromatic carbocycles. The number of carbonyl (C=O) groups is 1. The van der Waals surface area contributed by atoms with Crippen LogP contribution in [0.4, 0.5) is 0 Å². The smallest absolute Gasteiger partial charge is 0.227 e. The molecular weight excluding hydrogens is 202 g/mol. The highest BCUT2D eigenvalue weighted by Crippen LogP contribution is 2.14. The van der Waals surface area contributed by atoms with Crippen molar-refractivity contribution in [2.24, 2.45) is 5.92 Å². The Morgan fingerprint density at radius 1 is 1.31 bits per heavy atom. The summed E-state index contributed by atoms with van der Waals surface area (Å²) >= 11 is 0. The van der Waals surface area contributed by atoms with Gasteiger partial charge in [0.25, 0.3) is 0 Å². The molecule has 0 fully saturated rings. The summed E-state index contributed by atoms with van der Waals surface area (Å²) in [7, 11) is 0. The maximum absolute atomic E-state index is 11.8. The van der Waals surface area contributed by atoms with Crippen LogP contribution in [0.3, 0.4) is 0 Å². The van der Waals surface area contributed by atoms with Crippen molar-refractivity contribution in [3.8, 4) is 0 Å². The molecule has 0 spiro atoms. The van der Waals surface area contributed by atoms with Crippen molar-refractivity contribution in [2.75, 3.05) is 13.2 Å². The van der Waals surface area contributed by atoms with E-state index in [9.17, 15) is 4.79 Å². The highest BCUT2D eigenvalue weighted by molar-refractivity contribution is 5.83. The van der Waals surface area contributed by atoms with Crippen molar-refractivity contribution in [1.29, 1.82) is 0 Å². The van der Waals surface area contributed by atoms with E-state index in [1.807, 2.05) is 44.2 Å². The van der Waals surface area contributed by atoms with Gasteiger partial charge in [0.05, 0.1) is 5.92 Å². The molecule has 0 aliphatic heterocycles. The SMILES string of the molecule is CC(CO)CNC(=O)C(C)c1ccccc1. The van der Waals surface area contributed by atoms with Crippen LogP contribution in [0.25, 0.3) is 0 Å². The van der Waals surface area contributed by atoms with Gasteiger partial charge in [-0.1, -0.05) is 37.3 Å². The van der Waals surface area contributed by atoms with E-state index in [0.29, 0.717) is 6.54 Å². The molecule has 1 amide bonds. The molecule has 2 N–H and O–H groups in total. The van der Waals surface area contributed by atoms with E-state index >= 15 is 0 Å². The van der Waals surface area contributed by atoms with Gasteiger partial charge in [0.1, 0.15) is 0 Å². The van der Waals surface area contributed by atoms with Crippen molar-refractivity contribution in [1.82, 2.24) is 5.32 Å². The molecule has 0 saturated heterocycles. The molecule has 0 heterocycles. The molecule has 0 aromatic heterocycles. The quantitative estimate of drug-likeness (QED) is 0.792. The van der Waals surface area contributed by atoms with Gasteiger partial charge in [-0.05, 0) is 18.4 Å². The minimum Gasteiger partial charge on any atom is -0.396 e. The standard InChI is InChI=1S/C13H19NO2/c1-10(9-15)8-14-13(16)11(2)12-6-4-3-5-7-12/h3-7,10-11,15H,8-9H2,1-2H3,(H,14,16). The Morgan fingerprint density at radius 3 is 2.50 bits per heavy atom. The number of carbonyl (C=O) groups excluding carboxylic acids is 1. The first-order chi connectivity index (χ1) is 7.65. The van der Waals surface area contributed by atoms with Gasteiger partial charge in [0, 0.05) is 13.2 Å². The molecule has 3 heteroatoms. The zero-order valence-corrected chi connectivity index (χ0v) is 9.81. The molecule has 0 aliphatic carbocycles. The molecule has 88 valence electrons. The van der Waals surface area contributed by atoms with Crippen molar-refractivity contribution < 1.29 is 9.90 Å². The fourth-order valence-electron chi connectivity index (χ4n) is 1.39. The Labute approximate surface area is 96.5 Å². The Bertz CT molecular complexity index is 324. The van der Waals surface area contributed by atoms with Crippen LogP contribution in [0.2, 0.25) is 0 Å². The lowest BCUT2D eigenvalue weighted by molar-refractivity contribution is -0.122. The first kappa shape index (κ1) is 12.7. The van der Waals surface area contributed by atoms with E-state index in [1.54, 1.807) is 0 Å². The number of rotatable bonds is 5. The average molecular weight is 221 g/mol. The third-order valence-corrected chi connectivity index (χ3v) is 2.63. The van der Waals surface area contributed by atoms with E-state index < -0.39 is 0 Å². The highest BCUT2D eigenvalue weighted by Gasteiger charge is 2.14. The molecule has 2 atom stereocenters. The van der Waals surface area contributed by atoms with Crippen LogP contribution >= 0.6 is 0 Å². The minimum atomic E-state index is -0.146. The Hall–Kier alpha value is -1.35. The van der Waals surface area contributed by atoms with Crippen molar-refractivity contribution in [3.63, 3.8) is 0 Å². The van der Waals surface area contributed by atoms with Crippen molar-refractivity contribution >= 4 is 5.91 Å². The first-order valence-electron chi connectivity index (χ1n) is 5.58. The Morgan fingerprint density at radius 2 is 1.94 bits per heavy atom. The van der Waals surface area contributed by atoms with Gasteiger partial charge in [0.2, 0.25) is 5.91 Å². The highest BCUT2D eigenvalue weighted by atomic mass is 16.3. The third-order valence-electron chi connectivity index (χ3n) is 2.63. The molecule has 3 nitrogen and oxygen atoms in total. The summed E-state index contributed by atoms with van der Waals surface area (Å²) in [6, 6.07) is 9.67. The number of aliphatic hydroxyl groups excluding tert-OH is 1. The second-order valence-electron chi connectivity index (χ2n) is 4.17. The topological polar surface area (TPSA) is 49.3 Å². The summed E-state index contributed by atoms with van der Waals surface area (Å²) < 4.78 is 0. The zero-order valence-electron chi connectivity index (χ0n) is 9.81. The maximum atomic E-state index is 11.8. The summed E-state index contributed by atoms with van der Waals surface area (Å²) in [5.41, 5.74) is 1.01. The lowest BCUT2D eigenvalue weighted by atomic mass is 10.0. The van der Waals surface area contributed by atoms with Crippen LogP contribution in [-0.2, 0) is 4.79 Å². The monoisotopic (exact) mass is 221 g/mol. The van der Waals surface area contributed by atoms with Gasteiger partial charge in [-0.25, -0.2) is 0 Å². The summed E-state index contributed by atoms with van der Waals surface area (Å²) in [5, 5.41) is 11.7. The van der Waals surface area contributed by atoms with Gasteiger partial charge in [-0.15, -0.1) is 0 Å². The van der Waals surface area contributed by atoms with Gasteiger partial charge in [-0.2, -0.15) is 0 Å². The molecule has 0 aliphatic rings. The van der Waals surface area contributed by atoms with E-state index in [0.717, 1.165) is 5.56 Å². The molecular formula is C13H19NO2. The number of amides is 1. The van der Waals surface area contributed by atoms with Crippen molar-refractivity contribution in [2.45, 2.75) is 19.8 Å². The van der Waals surface area contributed by atoms with E-state index in [-0.39, 0.29) is 24.3 Å². The summed E-state index contributed by atoms with van der Waals surface area (Å²) in [4.78, 5) is 11.8. The second kappa shape index (κ2) is 6.28. The first-order valence-corrected chi connectivity index (χ1v) is 5.58. The van der Waals surface area contributed by atoms with Gasteiger partial charge < -0.3 is 10.4 Å². The van der Waals surface area contributed by atoms with E-state index in [1.165, 1.54) is 0 Å². The predicted octanol–water partition coefficient (Wildman–Crippen LogP) is 1.53. The molecule has 16 heavy (non-hydrogen) atoms. The van der Waals surface area contributed by atoms with Crippen molar-refractivity contribution in [3.05, 3.63) is 35.9 Å². The van der Waals surface area contributed by atoms with Crippen LogP contribution in [0, 0.1) is 5.92 Å². The zero-order chi connectivity index (χ0) is 12.0.